The SMILES string of the molecule is CC(=O)C(O)C(O)C(C)C.CC(C)C(O)C(O)C(N)=O. The zero-order chi connectivity index (χ0) is 16.6. The van der Waals surface area contributed by atoms with Crippen molar-refractivity contribution in [1.29, 1.82) is 0 Å². The molecule has 0 heterocycles. The Kier molecular flexibility index (Phi) is 10.4. The van der Waals surface area contributed by atoms with Crippen molar-refractivity contribution in [2.45, 2.75) is 59.0 Å². The normalized spacial score (nSPS) is 16.9. The topological polar surface area (TPSA) is 141 Å². The summed E-state index contributed by atoms with van der Waals surface area (Å²) in [6.07, 6.45) is -4.66. The number of aliphatic hydroxyl groups is 4. The highest BCUT2D eigenvalue weighted by Gasteiger charge is 2.24. The van der Waals surface area contributed by atoms with Gasteiger partial charge in [-0.15, -0.1) is 0 Å². The van der Waals surface area contributed by atoms with Gasteiger partial charge in [-0.3, -0.25) is 9.59 Å². The number of carbonyl (C=O) groups is 2. The summed E-state index contributed by atoms with van der Waals surface area (Å²) in [7, 11) is 0. The second-order valence-corrected chi connectivity index (χ2v) is 5.37. The molecule has 1 amide bonds. The van der Waals surface area contributed by atoms with Crippen molar-refractivity contribution in [3.8, 4) is 0 Å². The van der Waals surface area contributed by atoms with Crippen LogP contribution < -0.4 is 5.73 Å². The Balaban J connectivity index is 0. The minimum atomic E-state index is -1.44. The third kappa shape index (κ3) is 8.21. The van der Waals surface area contributed by atoms with Gasteiger partial charge in [-0.05, 0) is 18.8 Å². The monoisotopic (exact) mass is 293 g/mol. The third-order valence-electron chi connectivity index (χ3n) is 2.72. The molecule has 0 bridgehead atoms. The number of carbonyl (C=O) groups excluding carboxylic acids is 2. The van der Waals surface area contributed by atoms with Gasteiger partial charge in [0.15, 0.2) is 11.9 Å². The van der Waals surface area contributed by atoms with E-state index in [1.807, 2.05) is 0 Å². The summed E-state index contributed by atoms with van der Waals surface area (Å²) in [6.45, 7) is 8.14. The predicted molar refractivity (Wildman–Crippen MR) is 73.6 cm³/mol. The fraction of sp³-hybridized carbons (Fsp3) is 0.846. The van der Waals surface area contributed by atoms with E-state index in [0.29, 0.717) is 0 Å². The molecule has 0 aliphatic heterocycles. The van der Waals surface area contributed by atoms with Crippen molar-refractivity contribution in [2.24, 2.45) is 17.6 Å². The van der Waals surface area contributed by atoms with Crippen LogP contribution in [-0.2, 0) is 9.59 Å². The van der Waals surface area contributed by atoms with Crippen molar-refractivity contribution in [1.82, 2.24) is 0 Å². The lowest BCUT2D eigenvalue weighted by Gasteiger charge is -2.17. The molecule has 20 heavy (non-hydrogen) atoms. The fourth-order valence-corrected chi connectivity index (χ4v) is 1.14. The standard InChI is InChI=1S/C7H14O3.C6H13NO3/c1-4(2)6(9)7(10)5(3)8;1-3(2)4(8)5(9)6(7)10/h4,6-7,9-10H,1-3H3;3-5,8-9H,1-2H3,(H2,7,10). The molecule has 6 N–H and O–H groups in total. The van der Waals surface area contributed by atoms with E-state index < -0.39 is 30.3 Å². The molecule has 4 unspecified atom stereocenters. The number of hydrogen-bond donors (Lipinski definition) is 5. The molecular weight excluding hydrogens is 266 g/mol. The van der Waals surface area contributed by atoms with Crippen molar-refractivity contribution in [3.63, 3.8) is 0 Å². The van der Waals surface area contributed by atoms with Crippen LogP contribution in [0, 0.1) is 11.8 Å². The van der Waals surface area contributed by atoms with Gasteiger partial charge in [0.25, 0.3) is 0 Å². The van der Waals surface area contributed by atoms with Crippen LogP contribution in [0.3, 0.4) is 0 Å². The lowest BCUT2D eigenvalue weighted by molar-refractivity contribution is -0.133. The number of ketones is 1. The van der Waals surface area contributed by atoms with E-state index in [2.05, 4.69) is 0 Å². The van der Waals surface area contributed by atoms with Gasteiger partial charge < -0.3 is 26.2 Å². The number of Topliss-reactive ketones (excluding diaryl/α,β-unsaturated/α-hetero) is 1. The maximum absolute atomic E-state index is 10.5. The molecule has 0 rings (SSSR count). The van der Waals surface area contributed by atoms with Crippen LogP contribution >= 0.6 is 0 Å². The van der Waals surface area contributed by atoms with Crippen LogP contribution in [0.4, 0.5) is 0 Å². The summed E-state index contributed by atoms with van der Waals surface area (Å²) in [6, 6.07) is 0. The van der Waals surface area contributed by atoms with E-state index in [1.54, 1.807) is 27.7 Å². The van der Waals surface area contributed by atoms with Gasteiger partial charge in [-0.2, -0.15) is 0 Å². The average Bonchev–Trinajstić information content (AvgIpc) is 2.35. The molecule has 0 saturated carbocycles. The maximum Gasteiger partial charge on any atom is 0.248 e. The number of amides is 1. The first-order valence-corrected chi connectivity index (χ1v) is 6.45. The first-order valence-electron chi connectivity index (χ1n) is 6.45. The van der Waals surface area contributed by atoms with Gasteiger partial charge in [0.2, 0.25) is 5.91 Å². The largest absolute Gasteiger partial charge is 0.390 e. The number of hydrogen-bond acceptors (Lipinski definition) is 6. The average molecular weight is 293 g/mol. The van der Waals surface area contributed by atoms with Gasteiger partial charge >= 0.3 is 0 Å². The van der Waals surface area contributed by atoms with Crippen molar-refractivity contribution in [3.05, 3.63) is 0 Å². The van der Waals surface area contributed by atoms with Gasteiger partial charge in [-0.1, -0.05) is 27.7 Å². The molecule has 0 saturated heterocycles. The minimum absolute atomic E-state index is 0.0844. The fourth-order valence-electron chi connectivity index (χ4n) is 1.14. The van der Waals surface area contributed by atoms with Gasteiger partial charge in [0.05, 0.1) is 12.2 Å². The zero-order valence-corrected chi connectivity index (χ0v) is 12.6. The van der Waals surface area contributed by atoms with Crippen LogP contribution in [0.2, 0.25) is 0 Å². The van der Waals surface area contributed by atoms with E-state index in [0.717, 1.165) is 0 Å². The minimum Gasteiger partial charge on any atom is -0.390 e. The number of primary amides is 1. The highest BCUT2D eigenvalue weighted by atomic mass is 16.3. The Morgan fingerprint density at radius 1 is 0.800 bits per heavy atom. The number of rotatable bonds is 6. The molecule has 0 spiro atoms. The Bertz CT molecular complexity index is 275. The summed E-state index contributed by atoms with van der Waals surface area (Å²) >= 11 is 0. The predicted octanol–water partition coefficient (Wildman–Crippen LogP) is -1.20. The summed E-state index contributed by atoms with van der Waals surface area (Å²) in [5.41, 5.74) is 4.73. The Morgan fingerprint density at radius 3 is 1.20 bits per heavy atom. The summed E-state index contributed by atoms with van der Waals surface area (Å²) in [4.78, 5) is 20.7. The first-order chi connectivity index (χ1) is 8.93. The molecule has 0 radical (unpaired) electrons. The molecule has 0 aliphatic carbocycles. The summed E-state index contributed by atoms with van der Waals surface area (Å²) < 4.78 is 0. The van der Waals surface area contributed by atoms with E-state index in [4.69, 9.17) is 26.2 Å². The third-order valence-corrected chi connectivity index (χ3v) is 2.72. The molecule has 7 heteroatoms. The smallest absolute Gasteiger partial charge is 0.248 e. The van der Waals surface area contributed by atoms with E-state index in [9.17, 15) is 9.59 Å². The van der Waals surface area contributed by atoms with Crippen molar-refractivity contribution in [2.75, 3.05) is 0 Å². The Morgan fingerprint density at radius 2 is 1.10 bits per heavy atom. The number of aliphatic hydroxyl groups excluding tert-OH is 4. The van der Waals surface area contributed by atoms with Crippen LogP contribution in [0.25, 0.3) is 0 Å². The zero-order valence-electron chi connectivity index (χ0n) is 12.6. The lowest BCUT2D eigenvalue weighted by atomic mass is 10.00. The van der Waals surface area contributed by atoms with Crippen molar-refractivity contribution >= 4 is 11.7 Å². The number of nitrogens with two attached hydrogens (primary N) is 1. The molecule has 4 atom stereocenters. The van der Waals surface area contributed by atoms with Crippen molar-refractivity contribution < 1.29 is 30.0 Å². The van der Waals surface area contributed by atoms with E-state index in [1.165, 1.54) is 6.92 Å². The van der Waals surface area contributed by atoms with Crippen LogP contribution in [-0.4, -0.2) is 56.5 Å². The van der Waals surface area contributed by atoms with Crippen LogP contribution in [0.15, 0.2) is 0 Å². The van der Waals surface area contributed by atoms with Gasteiger partial charge in [0, 0.05) is 0 Å². The van der Waals surface area contributed by atoms with Crippen LogP contribution in [0.5, 0.6) is 0 Å². The molecule has 0 fully saturated rings. The maximum atomic E-state index is 10.5. The van der Waals surface area contributed by atoms with E-state index >= 15 is 0 Å². The van der Waals surface area contributed by atoms with Crippen LogP contribution in [0.1, 0.15) is 34.6 Å². The summed E-state index contributed by atoms with van der Waals surface area (Å²) in [5, 5.41) is 35.9. The molecule has 7 nitrogen and oxygen atoms in total. The quantitative estimate of drug-likeness (QED) is 0.416. The Labute approximate surface area is 119 Å². The second-order valence-electron chi connectivity index (χ2n) is 5.37. The van der Waals surface area contributed by atoms with Gasteiger partial charge in [0.1, 0.15) is 6.10 Å². The molecule has 0 aromatic carbocycles. The molecule has 0 aromatic rings. The lowest BCUT2D eigenvalue weighted by Crippen LogP contribution is -2.41. The molecule has 0 aromatic heterocycles. The van der Waals surface area contributed by atoms with Gasteiger partial charge in [-0.25, -0.2) is 0 Å². The summed E-state index contributed by atoms with van der Waals surface area (Å²) in [5.74, 6) is -1.52. The molecular formula is C13H27NO6. The highest BCUT2D eigenvalue weighted by Crippen LogP contribution is 2.06. The molecule has 0 aliphatic rings. The highest BCUT2D eigenvalue weighted by molar-refractivity contribution is 5.80. The molecule has 120 valence electrons. The van der Waals surface area contributed by atoms with E-state index in [-0.39, 0.29) is 17.6 Å². The first kappa shape index (κ1) is 21.3. The Hall–Kier alpha value is -1.02. The second kappa shape index (κ2) is 9.82.